The molecule has 0 saturated heterocycles. The quantitative estimate of drug-likeness (QED) is 0.363. The first-order valence-electron chi connectivity index (χ1n) is 10.4. The van der Waals surface area contributed by atoms with Gasteiger partial charge in [0.2, 0.25) is 5.76 Å². The number of anilines is 1. The molecule has 1 atom stereocenters. The maximum absolute atomic E-state index is 13.6. The van der Waals surface area contributed by atoms with E-state index in [1.165, 1.54) is 16.2 Å². The Bertz CT molecular complexity index is 1410. The van der Waals surface area contributed by atoms with Crippen LogP contribution in [-0.4, -0.2) is 24.1 Å². The normalized spacial score (nSPS) is 15.0. The zero-order valence-corrected chi connectivity index (χ0v) is 18.6. The second kappa shape index (κ2) is 8.55. The van der Waals surface area contributed by atoms with Gasteiger partial charge in [-0.1, -0.05) is 30.9 Å². The van der Waals surface area contributed by atoms with Gasteiger partial charge in [0.15, 0.2) is 22.1 Å². The Morgan fingerprint density at radius 3 is 2.79 bits per heavy atom. The molecule has 0 saturated carbocycles. The fourth-order valence-electron chi connectivity index (χ4n) is 4.00. The number of benzene rings is 2. The molecule has 3 heterocycles. The summed E-state index contributed by atoms with van der Waals surface area (Å²) in [5.74, 6) is 0.694. The monoisotopic (exact) mass is 460 g/mol. The number of ether oxygens (including phenoxy) is 2. The van der Waals surface area contributed by atoms with Crippen LogP contribution in [-0.2, 0) is 0 Å². The first-order valence-corrected chi connectivity index (χ1v) is 11.3. The maximum Gasteiger partial charge on any atom is 0.297 e. The van der Waals surface area contributed by atoms with Gasteiger partial charge in [-0.15, -0.1) is 11.3 Å². The summed E-state index contributed by atoms with van der Waals surface area (Å²) in [7, 11) is 0. The number of aromatic nitrogens is 1. The summed E-state index contributed by atoms with van der Waals surface area (Å²) in [6.07, 6.45) is 3.27. The minimum Gasteiger partial charge on any atom is -0.490 e. The van der Waals surface area contributed by atoms with Crippen LogP contribution in [0.3, 0.4) is 0 Å². The average Bonchev–Trinajstić information content (AvgIpc) is 3.45. The molecule has 0 fully saturated rings. The lowest BCUT2D eigenvalue weighted by Crippen LogP contribution is -2.29. The molecule has 1 amide bonds. The predicted octanol–water partition coefficient (Wildman–Crippen LogP) is 4.96. The maximum atomic E-state index is 13.6. The average molecular weight is 461 g/mol. The number of hydrogen-bond acceptors (Lipinski definition) is 7. The smallest absolute Gasteiger partial charge is 0.297 e. The Morgan fingerprint density at radius 1 is 1.18 bits per heavy atom. The van der Waals surface area contributed by atoms with Crippen LogP contribution < -0.4 is 19.8 Å². The van der Waals surface area contributed by atoms with Gasteiger partial charge in [-0.2, -0.15) is 0 Å². The summed E-state index contributed by atoms with van der Waals surface area (Å²) >= 11 is 1.32. The van der Waals surface area contributed by atoms with Gasteiger partial charge in [0.1, 0.15) is 12.2 Å². The van der Waals surface area contributed by atoms with Gasteiger partial charge < -0.3 is 13.9 Å². The molecule has 8 heteroatoms. The molecule has 0 radical (unpaired) electrons. The highest BCUT2D eigenvalue weighted by molar-refractivity contribution is 7.13. The van der Waals surface area contributed by atoms with Crippen LogP contribution in [0.1, 0.15) is 34.6 Å². The topological polar surface area (TPSA) is 81.9 Å². The summed E-state index contributed by atoms with van der Waals surface area (Å²) in [6.45, 7) is 6.31. The van der Waals surface area contributed by atoms with Crippen LogP contribution in [0, 0.1) is 0 Å². The second-order valence-electron chi connectivity index (χ2n) is 7.30. The van der Waals surface area contributed by atoms with Gasteiger partial charge in [-0.25, -0.2) is 4.98 Å². The molecule has 33 heavy (non-hydrogen) atoms. The van der Waals surface area contributed by atoms with E-state index in [9.17, 15) is 9.59 Å². The molecule has 166 valence electrons. The van der Waals surface area contributed by atoms with E-state index in [4.69, 9.17) is 13.9 Å². The van der Waals surface area contributed by atoms with E-state index in [1.807, 2.05) is 13.0 Å². The number of fused-ring (bicyclic) bond motifs is 2. The summed E-state index contributed by atoms with van der Waals surface area (Å²) in [5.41, 5.74) is 1.11. The first kappa shape index (κ1) is 21.0. The highest BCUT2D eigenvalue weighted by Crippen LogP contribution is 2.43. The minimum absolute atomic E-state index is 0.0313. The molecule has 5 rings (SSSR count). The molecule has 0 N–H and O–H groups in total. The van der Waals surface area contributed by atoms with Gasteiger partial charge in [0.05, 0.1) is 23.6 Å². The van der Waals surface area contributed by atoms with E-state index in [2.05, 4.69) is 11.6 Å². The first-order chi connectivity index (χ1) is 16.1. The second-order valence-corrected chi connectivity index (χ2v) is 8.17. The van der Waals surface area contributed by atoms with Crippen LogP contribution >= 0.6 is 11.3 Å². The van der Waals surface area contributed by atoms with Crippen LogP contribution in [0.4, 0.5) is 5.13 Å². The van der Waals surface area contributed by atoms with Crippen molar-refractivity contribution in [2.24, 2.45) is 0 Å². The Labute approximate surface area is 193 Å². The number of nitrogens with zero attached hydrogens (tertiary/aromatic N) is 2. The van der Waals surface area contributed by atoms with E-state index in [0.717, 1.165) is 0 Å². The lowest BCUT2D eigenvalue weighted by Gasteiger charge is -2.23. The number of amides is 1. The Kier molecular flexibility index (Phi) is 5.43. The molecule has 7 nitrogen and oxygen atoms in total. The third-order valence-electron chi connectivity index (χ3n) is 5.34. The number of carbonyl (C=O) groups is 1. The van der Waals surface area contributed by atoms with Crippen LogP contribution in [0.15, 0.2) is 75.9 Å². The van der Waals surface area contributed by atoms with Crippen LogP contribution in [0.25, 0.3) is 11.0 Å². The van der Waals surface area contributed by atoms with Crippen molar-refractivity contribution in [2.75, 3.05) is 18.1 Å². The number of rotatable bonds is 7. The van der Waals surface area contributed by atoms with Gasteiger partial charge in [0.25, 0.3) is 5.91 Å². The number of carbonyl (C=O) groups excluding carboxylic acids is 1. The van der Waals surface area contributed by atoms with Crippen molar-refractivity contribution in [3.63, 3.8) is 0 Å². The van der Waals surface area contributed by atoms with E-state index in [-0.39, 0.29) is 16.8 Å². The van der Waals surface area contributed by atoms with E-state index >= 15 is 0 Å². The summed E-state index contributed by atoms with van der Waals surface area (Å²) in [6, 6.07) is 11.6. The Balaban J connectivity index is 1.74. The molecular weight excluding hydrogens is 440 g/mol. The lowest BCUT2D eigenvalue weighted by molar-refractivity contribution is 0.0971. The molecule has 0 aliphatic carbocycles. The Morgan fingerprint density at radius 2 is 2.03 bits per heavy atom. The lowest BCUT2D eigenvalue weighted by atomic mass is 9.98. The fraction of sp³-hybridized carbons (Fsp3) is 0.160. The SMILES string of the molecule is C=CCOc1ccc([C@H]2c3c(oc4ccccc4c3=O)C(=O)N2c2nccs2)cc1OCC. The summed E-state index contributed by atoms with van der Waals surface area (Å²) < 4.78 is 17.5. The van der Waals surface area contributed by atoms with Gasteiger partial charge in [0, 0.05) is 11.6 Å². The molecule has 4 aromatic rings. The van der Waals surface area contributed by atoms with Crippen molar-refractivity contribution < 1.29 is 18.7 Å². The molecule has 1 aliphatic rings. The van der Waals surface area contributed by atoms with Crippen molar-refractivity contribution in [1.29, 1.82) is 0 Å². The predicted molar refractivity (Wildman–Crippen MR) is 127 cm³/mol. The molecule has 2 aromatic carbocycles. The molecule has 0 spiro atoms. The zero-order valence-electron chi connectivity index (χ0n) is 17.8. The van der Waals surface area contributed by atoms with Gasteiger partial charge in [-0.3, -0.25) is 14.5 Å². The van der Waals surface area contributed by atoms with E-state index in [0.29, 0.717) is 46.4 Å². The molecule has 1 aliphatic heterocycles. The Hall–Kier alpha value is -3.91. The number of thiazole rings is 1. The van der Waals surface area contributed by atoms with Crippen LogP contribution in [0.2, 0.25) is 0 Å². The van der Waals surface area contributed by atoms with Crippen molar-refractivity contribution in [3.05, 3.63) is 93.8 Å². The van der Waals surface area contributed by atoms with Gasteiger partial charge >= 0.3 is 0 Å². The third-order valence-corrected chi connectivity index (χ3v) is 6.11. The third kappa shape index (κ3) is 3.48. The van der Waals surface area contributed by atoms with Gasteiger partial charge in [-0.05, 0) is 36.8 Å². The number of para-hydroxylation sites is 1. The van der Waals surface area contributed by atoms with E-state index in [1.54, 1.807) is 54.1 Å². The summed E-state index contributed by atoms with van der Waals surface area (Å²) in [4.78, 5) is 32.9. The molecule has 0 bridgehead atoms. The van der Waals surface area contributed by atoms with Crippen molar-refractivity contribution in [3.8, 4) is 11.5 Å². The van der Waals surface area contributed by atoms with Crippen molar-refractivity contribution in [1.82, 2.24) is 4.98 Å². The standard InChI is InChI=1S/C25H20N2O5S/c1-3-12-31-18-10-9-15(14-19(18)30-4-2)21-20-22(28)16-7-5-6-8-17(16)32-23(20)24(29)27(21)25-26-11-13-33-25/h3,5-11,13-14,21H,1,4,12H2,2H3/t21-/m0/s1. The van der Waals surface area contributed by atoms with Crippen LogP contribution in [0.5, 0.6) is 11.5 Å². The van der Waals surface area contributed by atoms with E-state index < -0.39 is 11.9 Å². The zero-order chi connectivity index (χ0) is 22.9. The highest BCUT2D eigenvalue weighted by atomic mass is 32.1. The largest absolute Gasteiger partial charge is 0.490 e. The fourth-order valence-corrected chi connectivity index (χ4v) is 4.67. The highest BCUT2D eigenvalue weighted by Gasteiger charge is 2.45. The summed E-state index contributed by atoms with van der Waals surface area (Å²) in [5, 5.41) is 2.68. The minimum atomic E-state index is -0.716. The van der Waals surface area contributed by atoms with Crippen molar-refractivity contribution in [2.45, 2.75) is 13.0 Å². The molecular formula is C25H20N2O5S. The number of hydrogen-bond donors (Lipinski definition) is 0. The molecule has 0 unspecified atom stereocenters. The molecule has 2 aromatic heterocycles. The van der Waals surface area contributed by atoms with Crippen molar-refractivity contribution >= 4 is 33.3 Å².